The summed E-state index contributed by atoms with van der Waals surface area (Å²) in [7, 11) is 0. The van der Waals surface area contributed by atoms with Crippen LogP contribution in [0.25, 0.3) is 0 Å². The van der Waals surface area contributed by atoms with E-state index in [9.17, 15) is 4.79 Å². The Hall–Kier alpha value is -1.00. The van der Waals surface area contributed by atoms with Gasteiger partial charge in [-0.05, 0) is 19.1 Å². The van der Waals surface area contributed by atoms with E-state index in [0.717, 1.165) is 10.6 Å². The highest BCUT2D eigenvalue weighted by molar-refractivity contribution is 8.04. The normalized spacial score (nSPS) is 24.9. The second kappa shape index (κ2) is 5.02. The Kier molecular flexibility index (Phi) is 3.98. The van der Waals surface area contributed by atoms with Gasteiger partial charge >= 0.3 is 0 Å². The van der Waals surface area contributed by atoms with Crippen LogP contribution in [0.4, 0.5) is 0 Å². The molecule has 0 spiro atoms. The fraction of sp³-hybridized carbons (Fsp3) is 0.300. The number of allylic oxidation sites excluding steroid dienone is 2. The number of nitrogens with two attached hydrogens (primary N) is 1. The molecule has 1 saturated heterocycles. The van der Waals surface area contributed by atoms with E-state index in [-0.39, 0.29) is 11.9 Å². The third kappa shape index (κ3) is 3.05. The Balaban J connectivity index is 2.89. The summed E-state index contributed by atoms with van der Waals surface area (Å²) in [5, 5.41) is 2.79. The van der Waals surface area contributed by atoms with Crippen LogP contribution in [0.3, 0.4) is 0 Å². The van der Waals surface area contributed by atoms with Gasteiger partial charge in [0.25, 0.3) is 0 Å². The highest BCUT2D eigenvalue weighted by Gasteiger charge is 2.17. The molecule has 1 aliphatic rings. The summed E-state index contributed by atoms with van der Waals surface area (Å²) < 4.78 is 0. The molecule has 1 unspecified atom stereocenters. The average Bonchev–Trinajstić information content (AvgIpc) is 2.09. The molecule has 14 heavy (non-hydrogen) atoms. The van der Waals surface area contributed by atoms with Crippen LogP contribution in [0.1, 0.15) is 6.92 Å². The third-order valence-electron chi connectivity index (χ3n) is 1.60. The van der Waals surface area contributed by atoms with Crippen molar-refractivity contribution >= 4 is 17.7 Å². The Bertz CT molecular complexity index is 305. The molecule has 0 aromatic heterocycles. The van der Waals surface area contributed by atoms with Crippen LogP contribution in [0.15, 0.2) is 35.4 Å². The number of nitrogens with one attached hydrogen (secondary N) is 1. The maximum absolute atomic E-state index is 11.1. The number of thioether (sulfide) groups is 1. The Morgan fingerprint density at radius 1 is 1.71 bits per heavy atom. The van der Waals surface area contributed by atoms with Gasteiger partial charge in [0.05, 0.1) is 11.4 Å². The topological polar surface area (TPSA) is 55.1 Å². The lowest BCUT2D eigenvalue weighted by Gasteiger charge is -2.19. The molecule has 3 N–H and O–H groups in total. The van der Waals surface area contributed by atoms with Crippen molar-refractivity contribution in [2.24, 2.45) is 5.73 Å². The number of carbonyl (C=O) groups excluding carboxylic acids is 1. The van der Waals surface area contributed by atoms with Gasteiger partial charge < -0.3 is 11.1 Å². The summed E-state index contributed by atoms with van der Waals surface area (Å²) in [6.07, 6.45) is 5.41. The number of hydrogen-bond donors (Lipinski definition) is 2. The average molecular weight is 210 g/mol. The van der Waals surface area contributed by atoms with Gasteiger partial charge in [-0.15, -0.1) is 11.8 Å². The van der Waals surface area contributed by atoms with Gasteiger partial charge in [0.1, 0.15) is 0 Å². The van der Waals surface area contributed by atoms with Crippen molar-refractivity contribution in [3.05, 3.63) is 35.4 Å². The van der Waals surface area contributed by atoms with Crippen molar-refractivity contribution in [2.45, 2.75) is 13.0 Å². The van der Waals surface area contributed by atoms with Crippen LogP contribution in [-0.4, -0.2) is 17.7 Å². The maximum Gasteiger partial charge on any atom is 0.234 e. The summed E-state index contributed by atoms with van der Waals surface area (Å²) in [4.78, 5) is 12.1. The lowest BCUT2D eigenvalue weighted by Crippen LogP contribution is -2.31. The van der Waals surface area contributed by atoms with E-state index in [1.807, 2.05) is 19.1 Å². The van der Waals surface area contributed by atoms with Crippen LogP contribution in [-0.2, 0) is 4.79 Å². The van der Waals surface area contributed by atoms with Gasteiger partial charge in [-0.2, -0.15) is 0 Å². The number of carbonyl (C=O) groups is 1. The van der Waals surface area contributed by atoms with Crippen LogP contribution in [0, 0.1) is 0 Å². The molecule has 76 valence electrons. The van der Waals surface area contributed by atoms with Gasteiger partial charge in [-0.25, -0.2) is 0 Å². The molecule has 1 aliphatic heterocycles. The van der Waals surface area contributed by atoms with Crippen LogP contribution >= 0.6 is 11.8 Å². The van der Waals surface area contributed by atoms with Crippen molar-refractivity contribution in [2.75, 3.05) is 5.75 Å². The highest BCUT2D eigenvalue weighted by Crippen LogP contribution is 2.26. The van der Waals surface area contributed by atoms with Crippen LogP contribution in [0.5, 0.6) is 0 Å². The summed E-state index contributed by atoms with van der Waals surface area (Å²) in [5.41, 5.74) is 6.43. The second-order valence-corrected chi connectivity index (χ2v) is 4.06. The molecule has 0 aromatic carbocycles. The number of amides is 1. The van der Waals surface area contributed by atoms with E-state index in [1.165, 1.54) is 11.8 Å². The third-order valence-corrected chi connectivity index (χ3v) is 2.67. The standard InChI is InChI=1S/C10H14N2OS/c1-3-4-9-8(5-7(2)11)12-10(13)6-14-9/h3-5,7H,1,6,11H2,2H3,(H,12,13)/b8-5+,9-4+. The molecule has 1 fully saturated rings. The molecule has 3 nitrogen and oxygen atoms in total. The molecule has 0 aliphatic carbocycles. The van der Waals surface area contributed by atoms with E-state index < -0.39 is 0 Å². The number of hydrogen-bond acceptors (Lipinski definition) is 3. The quantitative estimate of drug-likeness (QED) is 0.719. The molecule has 1 heterocycles. The zero-order valence-corrected chi connectivity index (χ0v) is 8.93. The molecule has 1 atom stereocenters. The summed E-state index contributed by atoms with van der Waals surface area (Å²) in [6, 6.07) is -0.0720. The van der Waals surface area contributed by atoms with Crippen molar-refractivity contribution in [3.63, 3.8) is 0 Å². The molecule has 0 saturated carbocycles. The lowest BCUT2D eigenvalue weighted by atomic mass is 10.2. The van der Waals surface area contributed by atoms with Crippen LogP contribution in [0.2, 0.25) is 0 Å². The molecule has 1 amide bonds. The van der Waals surface area contributed by atoms with Gasteiger partial charge in [-0.3, -0.25) is 4.79 Å². The molecule has 1 rings (SSSR count). The van der Waals surface area contributed by atoms with Gasteiger partial charge in [0.15, 0.2) is 0 Å². The molecule has 4 heteroatoms. The molecule has 0 bridgehead atoms. The van der Waals surface area contributed by atoms with Crippen molar-refractivity contribution < 1.29 is 4.79 Å². The summed E-state index contributed by atoms with van der Waals surface area (Å²) in [5.74, 6) is 0.471. The van der Waals surface area contributed by atoms with Gasteiger partial charge in [0, 0.05) is 10.9 Å². The first kappa shape index (κ1) is 11.1. The molecular weight excluding hydrogens is 196 g/mol. The van der Waals surface area contributed by atoms with E-state index in [4.69, 9.17) is 5.73 Å². The Morgan fingerprint density at radius 2 is 2.43 bits per heavy atom. The maximum atomic E-state index is 11.1. The van der Waals surface area contributed by atoms with Crippen molar-refractivity contribution in [3.8, 4) is 0 Å². The largest absolute Gasteiger partial charge is 0.325 e. The fourth-order valence-electron chi connectivity index (χ4n) is 1.10. The van der Waals surface area contributed by atoms with Crippen molar-refractivity contribution in [1.29, 1.82) is 0 Å². The zero-order valence-electron chi connectivity index (χ0n) is 8.12. The SMILES string of the molecule is C=C/C=C1/SCC(=O)N/C1=C/C(C)N. The lowest BCUT2D eigenvalue weighted by molar-refractivity contribution is -0.117. The minimum absolute atomic E-state index is 0.0168. The Morgan fingerprint density at radius 3 is 3.00 bits per heavy atom. The van der Waals surface area contributed by atoms with E-state index >= 15 is 0 Å². The van der Waals surface area contributed by atoms with Crippen molar-refractivity contribution in [1.82, 2.24) is 5.32 Å². The Labute approximate surface area is 88.1 Å². The summed E-state index contributed by atoms with van der Waals surface area (Å²) >= 11 is 1.50. The van der Waals surface area contributed by atoms with Gasteiger partial charge in [0.2, 0.25) is 5.91 Å². The predicted octanol–water partition coefficient (Wildman–Crippen LogP) is 1.15. The molecule has 0 aromatic rings. The molecular formula is C10H14N2OS. The highest BCUT2D eigenvalue weighted by atomic mass is 32.2. The first-order valence-corrected chi connectivity index (χ1v) is 5.35. The first-order chi connectivity index (χ1) is 6.63. The monoisotopic (exact) mass is 210 g/mol. The minimum Gasteiger partial charge on any atom is -0.325 e. The molecule has 0 radical (unpaired) electrons. The van der Waals surface area contributed by atoms with Crippen LogP contribution < -0.4 is 11.1 Å². The minimum atomic E-state index is -0.0720. The fourth-order valence-corrected chi connectivity index (χ4v) is 1.93. The van der Waals surface area contributed by atoms with E-state index in [0.29, 0.717) is 5.75 Å². The number of rotatable bonds is 2. The van der Waals surface area contributed by atoms with Gasteiger partial charge in [-0.1, -0.05) is 12.7 Å². The summed E-state index contributed by atoms with van der Waals surface area (Å²) in [6.45, 7) is 5.49. The second-order valence-electron chi connectivity index (χ2n) is 3.04. The zero-order chi connectivity index (χ0) is 10.6. The first-order valence-electron chi connectivity index (χ1n) is 4.36. The smallest absolute Gasteiger partial charge is 0.234 e. The predicted molar refractivity (Wildman–Crippen MR) is 60.6 cm³/mol. The van der Waals surface area contributed by atoms with E-state index in [1.54, 1.807) is 6.08 Å². The van der Waals surface area contributed by atoms with E-state index in [2.05, 4.69) is 11.9 Å².